The molecular weight excluding hydrogens is 206 g/mol. The van der Waals surface area contributed by atoms with Crippen LogP contribution >= 0.6 is 0 Å². The fourth-order valence-corrected chi connectivity index (χ4v) is 2.44. The first-order chi connectivity index (χ1) is 8.25. The molecule has 1 aromatic rings. The number of allylic oxidation sites excluding steroid dienone is 2. The molecule has 0 aliphatic heterocycles. The lowest BCUT2D eigenvalue weighted by molar-refractivity contribution is 0.440. The van der Waals surface area contributed by atoms with Gasteiger partial charge in [-0.25, -0.2) is 0 Å². The van der Waals surface area contributed by atoms with Gasteiger partial charge in [0, 0.05) is 6.54 Å². The van der Waals surface area contributed by atoms with Crippen LogP contribution in [0.3, 0.4) is 0 Å². The topological polar surface area (TPSA) is 12.0 Å². The zero-order chi connectivity index (χ0) is 12.1. The van der Waals surface area contributed by atoms with E-state index in [9.17, 15) is 0 Å². The van der Waals surface area contributed by atoms with E-state index in [0.29, 0.717) is 0 Å². The van der Waals surface area contributed by atoms with Crippen molar-refractivity contribution in [3.05, 3.63) is 47.0 Å². The second-order valence-corrected chi connectivity index (χ2v) is 5.21. The molecule has 0 aromatic heterocycles. The Morgan fingerprint density at radius 2 is 2.12 bits per heavy atom. The maximum Gasteiger partial charge on any atom is 0.0208 e. The maximum absolute atomic E-state index is 3.61. The van der Waals surface area contributed by atoms with Crippen molar-refractivity contribution in [2.45, 2.75) is 39.7 Å². The standard InChI is InChI=1S/C16H23N/c1-13-8-9-14(2)16(10-13)12-17-11-15-6-4-3-5-7-15/h3-4,8-10,15,17H,5-7,11-12H2,1-2H3. The molecule has 1 aromatic carbocycles. The van der Waals surface area contributed by atoms with Crippen molar-refractivity contribution >= 4 is 0 Å². The lowest BCUT2D eigenvalue weighted by Crippen LogP contribution is -2.23. The minimum atomic E-state index is 0.838. The predicted octanol–water partition coefficient (Wildman–Crippen LogP) is 3.75. The van der Waals surface area contributed by atoms with Gasteiger partial charge in [-0.1, -0.05) is 35.9 Å². The van der Waals surface area contributed by atoms with E-state index in [4.69, 9.17) is 0 Å². The Morgan fingerprint density at radius 1 is 1.24 bits per heavy atom. The van der Waals surface area contributed by atoms with Crippen LogP contribution in [0.1, 0.15) is 36.0 Å². The molecule has 0 bridgehead atoms. The van der Waals surface area contributed by atoms with Gasteiger partial charge in [-0.3, -0.25) is 0 Å². The molecular formula is C16H23N. The first-order valence-electron chi connectivity index (χ1n) is 6.67. The van der Waals surface area contributed by atoms with Gasteiger partial charge in [0.05, 0.1) is 0 Å². The molecule has 17 heavy (non-hydrogen) atoms. The summed E-state index contributed by atoms with van der Waals surface area (Å²) in [4.78, 5) is 0. The van der Waals surface area contributed by atoms with E-state index < -0.39 is 0 Å². The summed E-state index contributed by atoms with van der Waals surface area (Å²) in [6.07, 6.45) is 8.49. The molecule has 0 heterocycles. The molecule has 1 aliphatic carbocycles. The minimum Gasteiger partial charge on any atom is -0.312 e. The van der Waals surface area contributed by atoms with E-state index in [-0.39, 0.29) is 0 Å². The van der Waals surface area contributed by atoms with E-state index in [1.807, 2.05) is 0 Å². The molecule has 1 aliphatic rings. The van der Waals surface area contributed by atoms with Crippen molar-refractivity contribution in [2.24, 2.45) is 5.92 Å². The molecule has 0 saturated heterocycles. The van der Waals surface area contributed by atoms with Gasteiger partial charge in [0.15, 0.2) is 0 Å². The Morgan fingerprint density at radius 3 is 2.88 bits per heavy atom. The highest BCUT2D eigenvalue weighted by atomic mass is 14.9. The average molecular weight is 229 g/mol. The fraction of sp³-hybridized carbons (Fsp3) is 0.500. The highest BCUT2D eigenvalue weighted by Gasteiger charge is 2.09. The van der Waals surface area contributed by atoms with Gasteiger partial charge in [0.2, 0.25) is 0 Å². The van der Waals surface area contributed by atoms with Gasteiger partial charge < -0.3 is 5.32 Å². The van der Waals surface area contributed by atoms with Gasteiger partial charge in [-0.2, -0.15) is 0 Å². The van der Waals surface area contributed by atoms with Crippen LogP contribution in [0.2, 0.25) is 0 Å². The summed E-state index contributed by atoms with van der Waals surface area (Å²) < 4.78 is 0. The Labute approximate surface area is 105 Å². The summed E-state index contributed by atoms with van der Waals surface area (Å²) in [5.41, 5.74) is 4.19. The quantitative estimate of drug-likeness (QED) is 0.775. The summed E-state index contributed by atoms with van der Waals surface area (Å²) >= 11 is 0. The smallest absolute Gasteiger partial charge is 0.0208 e. The second kappa shape index (κ2) is 6.02. The zero-order valence-electron chi connectivity index (χ0n) is 11.0. The first kappa shape index (κ1) is 12.4. The lowest BCUT2D eigenvalue weighted by atomic mass is 9.94. The summed E-state index contributed by atoms with van der Waals surface area (Å²) in [7, 11) is 0. The fourth-order valence-electron chi connectivity index (χ4n) is 2.44. The molecule has 1 atom stereocenters. The van der Waals surface area contributed by atoms with Crippen molar-refractivity contribution in [1.29, 1.82) is 0 Å². The molecule has 92 valence electrons. The van der Waals surface area contributed by atoms with Crippen molar-refractivity contribution in [3.8, 4) is 0 Å². The van der Waals surface area contributed by atoms with E-state index in [1.165, 1.54) is 36.0 Å². The molecule has 1 unspecified atom stereocenters. The summed E-state index contributed by atoms with van der Waals surface area (Å²) in [6.45, 7) is 6.51. The molecule has 0 saturated carbocycles. The van der Waals surface area contributed by atoms with Crippen molar-refractivity contribution in [2.75, 3.05) is 6.54 Å². The van der Waals surface area contributed by atoms with Gasteiger partial charge in [-0.05, 0) is 56.7 Å². The zero-order valence-corrected chi connectivity index (χ0v) is 11.0. The number of rotatable bonds is 4. The minimum absolute atomic E-state index is 0.838. The summed E-state index contributed by atoms with van der Waals surface area (Å²) in [5.74, 6) is 0.838. The number of aryl methyl sites for hydroxylation is 2. The Kier molecular flexibility index (Phi) is 4.38. The molecule has 0 amide bonds. The van der Waals surface area contributed by atoms with E-state index in [2.05, 4.69) is 49.5 Å². The number of nitrogens with one attached hydrogen (secondary N) is 1. The van der Waals surface area contributed by atoms with Crippen LogP contribution in [-0.2, 0) is 6.54 Å². The average Bonchev–Trinajstić information content (AvgIpc) is 2.35. The highest BCUT2D eigenvalue weighted by molar-refractivity contribution is 5.30. The molecule has 0 spiro atoms. The summed E-state index contributed by atoms with van der Waals surface area (Å²) in [6, 6.07) is 6.70. The largest absolute Gasteiger partial charge is 0.312 e. The third-order valence-electron chi connectivity index (χ3n) is 3.63. The Bertz CT molecular complexity index is 393. The summed E-state index contributed by atoms with van der Waals surface area (Å²) in [5, 5.41) is 3.61. The van der Waals surface area contributed by atoms with Crippen molar-refractivity contribution < 1.29 is 0 Å². The van der Waals surface area contributed by atoms with Gasteiger partial charge in [0.1, 0.15) is 0 Å². The first-order valence-corrected chi connectivity index (χ1v) is 6.67. The molecule has 0 radical (unpaired) electrons. The number of hydrogen-bond donors (Lipinski definition) is 1. The number of hydrogen-bond acceptors (Lipinski definition) is 1. The number of benzene rings is 1. The molecule has 1 N–H and O–H groups in total. The SMILES string of the molecule is Cc1ccc(C)c(CNCC2CC=CCC2)c1. The molecule has 1 nitrogen and oxygen atoms in total. The van der Waals surface area contributed by atoms with Crippen molar-refractivity contribution in [3.63, 3.8) is 0 Å². The predicted molar refractivity (Wildman–Crippen MR) is 74.1 cm³/mol. The van der Waals surface area contributed by atoms with E-state index in [1.54, 1.807) is 0 Å². The Balaban J connectivity index is 1.81. The maximum atomic E-state index is 3.61. The van der Waals surface area contributed by atoms with Crippen LogP contribution in [0, 0.1) is 19.8 Å². The van der Waals surface area contributed by atoms with Crippen LogP contribution in [0.15, 0.2) is 30.4 Å². The normalized spacial score (nSPS) is 19.5. The van der Waals surface area contributed by atoms with Gasteiger partial charge in [0.25, 0.3) is 0 Å². The van der Waals surface area contributed by atoms with Crippen LogP contribution < -0.4 is 5.32 Å². The van der Waals surface area contributed by atoms with E-state index >= 15 is 0 Å². The third-order valence-corrected chi connectivity index (χ3v) is 3.63. The van der Waals surface area contributed by atoms with Crippen LogP contribution in [0.25, 0.3) is 0 Å². The van der Waals surface area contributed by atoms with E-state index in [0.717, 1.165) is 19.0 Å². The van der Waals surface area contributed by atoms with Crippen LogP contribution in [0.4, 0.5) is 0 Å². The molecule has 2 rings (SSSR count). The van der Waals surface area contributed by atoms with Crippen LogP contribution in [0.5, 0.6) is 0 Å². The highest BCUT2D eigenvalue weighted by Crippen LogP contribution is 2.17. The van der Waals surface area contributed by atoms with Gasteiger partial charge in [-0.15, -0.1) is 0 Å². The lowest BCUT2D eigenvalue weighted by Gasteiger charge is -2.18. The Hall–Kier alpha value is -1.08. The van der Waals surface area contributed by atoms with Gasteiger partial charge >= 0.3 is 0 Å². The monoisotopic (exact) mass is 229 g/mol. The second-order valence-electron chi connectivity index (χ2n) is 5.21. The van der Waals surface area contributed by atoms with Crippen LogP contribution in [-0.4, -0.2) is 6.54 Å². The van der Waals surface area contributed by atoms with Crippen molar-refractivity contribution in [1.82, 2.24) is 5.32 Å². The molecule has 1 heteroatoms. The third kappa shape index (κ3) is 3.71. The molecule has 0 fully saturated rings.